The van der Waals surface area contributed by atoms with Crippen molar-refractivity contribution in [2.75, 3.05) is 0 Å². The second-order valence-corrected chi connectivity index (χ2v) is 6.60. The van der Waals surface area contributed by atoms with Crippen molar-refractivity contribution in [2.24, 2.45) is 0 Å². The first kappa shape index (κ1) is 17.1. The molecule has 1 amide bonds. The molecular formula is C22H20N2O3. The number of hydrogen-bond donors (Lipinski definition) is 1. The van der Waals surface area contributed by atoms with Crippen molar-refractivity contribution in [3.05, 3.63) is 77.5 Å². The van der Waals surface area contributed by atoms with E-state index in [1.807, 2.05) is 48.5 Å². The minimum Gasteiger partial charge on any atom is -0.490 e. The van der Waals surface area contributed by atoms with Crippen LogP contribution in [0.15, 0.2) is 65.2 Å². The first-order valence-corrected chi connectivity index (χ1v) is 8.94. The Morgan fingerprint density at radius 2 is 2.07 bits per heavy atom. The topological polar surface area (TPSA) is 64.4 Å². The van der Waals surface area contributed by atoms with Crippen LogP contribution in [0.4, 0.5) is 0 Å². The molecule has 0 unspecified atom stereocenters. The lowest BCUT2D eigenvalue weighted by Crippen LogP contribution is -2.20. The van der Waals surface area contributed by atoms with Gasteiger partial charge in [0, 0.05) is 24.1 Å². The summed E-state index contributed by atoms with van der Waals surface area (Å²) >= 11 is 0. The van der Waals surface area contributed by atoms with E-state index in [-0.39, 0.29) is 12.0 Å². The average molecular weight is 360 g/mol. The molecule has 0 saturated carbocycles. The highest BCUT2D eigenvalue weighted by atomic mass is 16.5. The minimum atomic E-state index is -0.174. The maximum absolute atomic E-state index is 12.0. The molecule has 1 aromatic heterocycles. The Kier molecular flexibility index (Phi) is 4.75. The van der Waals surface area contributed by atoms with Gasteiger partial charge in [0.25, 0.3) is 0 Å². The molecule has 1 N–H and O–H groups in total. The number of amides is 1. The lowest BCUT2D eigenvalue weighted by atomic mass is 10.1. The summed E-state index contributed by atoms with van der Waals surface area (Å²) in [5.74, 6) is 1.44. The Morgan fingerprint density at radius 1 is 1.22 bits per heavy atom. The van der Waals surface area contributed by atoms with Crippen LogP contribution in [-0.2, 0) is 17.8 Å². The van der Waals surface area contributed by atoms with E-state index >= 15 is 0 Å². The molecule has 4 rings (SSSR count). The van der Waals surface area contributed by atoms with Gasteiger partial charge >= 0.3 is 0 Å². The van der Waals surface area contributed by atoms with Gasteiger partial charge < -0.3 is 14.6 Å². The number of benzene rings is 2. The van der Waals surface area contributed by atoms with Crippen LogP contribution in [0.25, 0.3) is 17.4 Å². The molecule has 0 fully saturated rings. The lowest BCUT2D eigenvalue weighted by Gasteiger charge is -2.02. The number of nitrogens with one attached hydrogen (secondary N) is 1. The quantitative estimate of drug-likeness (QED) is 0.699. The average Bonchev–Trinajstić information content (AvgIpc) is 3.30. The summed E-state index contributed by atoms with van der Waals surface area (Å²) in [5.41, 5.74) is 3.79. The van der Waals surface area contributed by atoms with E-state index < -0.39 is 0 Å². The van der Waals surface area contributed by atoms with Crippen LogP contribution in [0.3, 0.4) is 0 Å². The molecule has 27 heavy (non-hydrogen) atoms. The Morgan fingerprint density at radius 3 is 2.93 bits per heavy atom. The van der Waals surface area contributed by atoms with Gasteiger partial charge in [0.05, 0.1) is 6.54 Å². The van der Waals surface area contributed by atoms with E-state index in [9.17, 15) is 4.79 Å². The van der Waals surface area contributed by atoms with Crippen molar-refractivity contribution in [2.45, 2.75) is 26.0 Å². The molecule has 1 aliphatic rings. The summed E-state index contributed by atoms with van der Waals surface area (Å²) in [5, 5.41) is 6.86. The fraction of sp³-hybridized carbons (Fsp3) is 0.182. The maximum Gasteiger partial charge on any atom is 0.244 e. The van der Waals surface area contributed by atoms with E-state index in [1.165, 1.54) is 11.6 Å². The number of carbonyl (C=O) groups excluding carboxylic acids is 1. The summed E-state index contributed by atoms with van der Waals surface area (Å²) in [7, 11) is 0. The van der Waals surface area contributed by atoms with Gasteiger partial charge in [-0.2, -0.15) is 0 Å². The third kappa shape index (κ3) is 4.08. The number of carbonyl (C=O) groups is 1. The smallest absolute Gasteiger partial charge is 0.244 e. The Labute approximate surface area is 157 Å². The lowest BCUT2D eigenvalue weighted by molar-refractivity contribution is -0.116. The summed E-state index contributed by atoms with van der Waals surface area (Å²) in [6, 6.07) is 17.5. The third-order valence-electron chi connectivity index (χ3n) is 4.41. The normalized spacial score (nSPS) is 15.5. The van der Waals surface area contributed by atoms with Crippen LogP contribution < -0.4 is 10.1 Å². The van der Waals surface area contributed by atoms with Gasteiger partial charge in [-0.1, -0.05) is 35.5 Å². The zero-order valence-corrected chi connectivity index (χ0v) is 15.0. The van der Waals surface area contributed by atoms with E-state index in [2.05, 4.69) is 23.5 Å². The van der Waals surface area contributed by atoms with Gasteiger partial charge in [-0.05, 0) is 42.3 Å². The summed E-state index contributed by atoms with van der Waals surface area (Å²) in [6.07, 6.45) is 4.39. The SMILES string of the molecule is C[C@@H]1Cc2cc(-c3cc(CNC(=O)/C=C\c4ccccc4)no3)ccc2O1. The fourth-order valence-electron chi connectivity index (χ4n) is 3.08. The Hall–Kier alpha value is -3.34. The molecule has 1 aliphatic heterocycles. The van der Waals surface area contributed by atoms with Crippen molar-refractivity contribution in [1.29, 1.82) is 0 Å². The molecule has 0 aliphatic carbocycles. The molecule has 2 heterocycles. The predicted octanol–water partition coefficient (Wildman–Crippen LogP) is 3.99. The van der Waals surface area contributed by atoms with Crippen LogP contribution in [0, 0.1) is 0 Å². The molecule has 0 spiro atoms. The summed E-state index contributed by atoms with van der Waals surface area (Å²) in [6.45, 7) is 2.37. The second-order valence-electron chi connectivity index (χ2n) is 6.60. The van der Waals surface area contributed by atoms with E-state index in [1.54, 1.807) is 6.08 Å². The summed E-state index contributed by atoms with van der Waals surface area (Å²) in [4.78, 5) is 12.0. The molecule has 5 heteroatoms. The molecule has 3 aromatic rings. The van der Waals surface area contributed by atoms with Crippen molar-refractivity contribution < 1.29 is 14.1 Å². The van der Waals surface area contributed by atoms with Gasteiger partial charge in [-0.3, -0.25) is 4.79 Å². The molecule has 1 atom stereocenters. The van der Waals surface area contributed by atoms with E-state index in [0.29, 0.717) is 18.0 Å². The first-order chi connectivity index (χ1) is 13.2. The largest absolute Gasteiger partial charge is 0.490 e. The zero-order valence-electron chi connectivity index (χ0n) is 15.0. The molecule has 136 valence electrons. The van der Waals surface area contributed by atoms with Crippen molar-refractivity contribution in [3.8, 4) is 17.1 Å². The number of ether oxygens (including phenoxy) is 1. The zero-order chi connectivity index (χ0) is 18.6. The number of aromatic nitrogens is 1. The highest BCUT2D eigenvalue weighted by Crippen LogP contribution is 2.33. The molecular weight excluding hydrogens is 340 g/mol. The van der Waals surface area contributed by atoms with Crippen LogP contribution >= 0.6 is 0 Å². The van der Waals surface area contributed by atoms with Crippen LogP contribution in [0.5, 0.6) is 5.75 Å². The first-order valence-electron chi connectivity index (χ1n) is 8.94. The molecule has 0 radical (unpaired) electrons. The maximum atomic E-state index is 12.0. The van der Waals surface area contributed by atoms with Crippen molar-refractivity contribution >= 4 is 12.0 Å². The monoisotopic (exact) mass is 360 g/mol. The van der Waals surface area contributed by atoms with Gasteiger partial charge in [0.2, 0.25) is 5.91 Å². The van der Waals surface area contributed by atoms with E-state index in [0.717, 1.165) is 23.3 Å². The highest BCUT2D eigenvalue weighted by Gasteiger charge is 2.20. The van der Waals surface area contributed by atoms with Crippen molar-refractivity contribution in [1.82, 2.24) is 10.5 Å². The Bertz CT molecular complexity index is 976. The van der Waals surface area contributed by atoms with Crippen LogP contribution in [0.1, 0.15) is 23.7 Å². The molecule has 0 bridgehead atoms. The van der Waals surface area contributed by atoms with Crippen LogP contribution in [-0.4, -0.2) is 17.2 Å². The number of hydrogen-bond acceptors (Lipinski definition) is 4. The van der Waals surface area contributed by atoms with E-state index in [4.69, 9.17) is 9.26 Å². The minimum absolute atomic E-state index is 0.174. The van der Waals surface area contributed by atoms with Crippen molar-refractivity contribution in [3.63, 3.8) is 0 Å². The highest BCUT2D eigenvalue weighted by molar-refractivity contribution is 5.91. The Balaban J connectivity index is 1.37. The predicted molar refractivity (Wildman–Crippen MR) is 103 cm³/mol. The number of fused-ring (bicyclic) bond motifs is 1. The second kappa shape index (κ2) is 7.50. The molecule has 2 aromatic carbocycles. The molecule has 5 nitrogen and oxygen atoms in total. The summed E-state index contributed by atoms with van der Waals surface area (Å²) < 4.78 is 11.2. The third-order valence-corrected chi connectivity index (χ3v) is 4.41. The van der Waals surface area contributed by atoms with Gasteiger partial charge in [-0.15, -0.1) is 0 Å². The van der Waals surface area contributed by atoms with Gasteiger partial charge in [-0.25, -0.2) is 0 Å². The number of nitrogens with zero attached hydrogens (tertiary/aromatic N) is 1. The molecule has 0 saturated heterocycles. The van der Waals surface area contributed by atoms with Crippen LogP contribution in [0.2, 0.25) is 0 Å². The number of rotatable bonds is 5. The standard InChI is InChI=1S/C22H20N2O3/c1-15-11-18-12-17(8-9-20(18)26-15)21-13-19(24-27-21)14-23-22(25)10-7-16-5-3-2-4-6-16/h2-10,12-13,15H,11,14H2,1H3,(H,23,25)/b10-7-/t15-/m1/s1. The van der Waals surface area contributed by atoms with Gasteiger partial charge in [0.1, 0.15) is 17.5 Å². The van der Waals surface area contributed by atoms with Gasteiger partial charge in [0.15, 0.2) is 5.76 Å². The fourth-order valence-corrected chi connectivity index (χ4v) is 3.08.